The lowest BCUT2D eigenvalue weighted by atomic mass is 10.2. The average molecular weight is 229 g/mol. The molecule has 0 saturated heterocycles. The summed E-state index contributed by atoms with van der Waals surface area (Å²) in [7, 11) is 1.39. The fourth-order valence-corrected chi connectivity index (χ4v) is 3.05. The minimum absolute atomic E-state index is 0.305. The van der Waals surface area contributed by atoms with Crippen LogP contribution in [-0.4, -0.2) is 30.1 Å². The second-order valence-electron chi connectivity index (χ2n) is 3.55. The van der Waals surface area contributed by atoms with Crippen molar-refractivity contribution in [3.8, 4) is 0 Å². The van der Waals surface area contributed by atoms with Gasteiger partial charge in [0.25, 0.3) is 0 Å². The van der Waals surface area contributed by atoms with Crippen LogP contribution in [0.2, 0.25) is 0 Å². The molecule has 0 aromatic carbocycles. The van der Waals surface area contributed by atoms with Crippen LogP contribution < -0.4 is 5.32 Å². The number of nitrogens with one attached hydrogen (secondary N) is 1. The molecule has 4 heteroatoms. The second kappa shape index (κ2) is 6.77. The molecule has 0 amide bonds. The molecule has 0 radical (unpaired) electrons. The van der Waals surface area contributed by atoms with E-state index in [1.165, 1.54) is 32.4 Å². The Balaban J connectivity index is 2.30. The number of esters is 1. The minimum atomic E-state index is -0.305. The lowest BCUT2D eigenvalue weighted by molar-refractivity contribution is -0.134. The lowest BCUT2D eigenvalue weighted by Gasteiger charge is -2.18. The zero-order chi connectivity index (χ0) is 11.1. The van der Waals surface area contributed by atoms with Crippen molar-refractivity contribution in [2.75, 3.05) is 12.9 Å². The number of carbonyl (C=O) groups is 1. The van der Waals surface area contributed by atoms with Crippen LogP contribution in [0.15, 0.2) is 12.3 Å². The van der Waals surface area contributed by atoms with Crippen molar-refractivity contribution in [1.29, 1.82) is 0 Å². The maximum Gasteiger partial charge on any atom is 0.331 e. The van der Waals surface area contributed by atoms with E-state index in [4.69, 9.17) is 0 Å². The van der Waals surface area contributed by atoms with Gasteiger partial charge in [-0.15, -0.1) is 0 Å². The molecule has 3 nitrogen and oxygen atoms in total. The maximum absolute atomic E-state index is 10.8. The topological polar surface area (TPSA) is 38.3 Å². The Kier molecular flexibility index (Phi) is 5.61. The molecule has 1 saturated carbocycles. The average Bonchev–Trinajstić information content (AvgIpc) is 2.66. The summed E-state index contributed by atoms with van der Waals surface area (Å²) >= 11 is 2.00. The van der Waals surface area contributed by atoms with Crippen molar-refractivity contribution in [3.63, 3.8) is 0 Å². The molecule has 1 N–H and O–H groups in total. The Morgan fingerprint density at radius 3 is 3.07 bits per heavy atom. The fraction of sp³-hybridized carbons (Fsp3) is 0.727. The van der Waals surface area contributed by atoms with Crippen LogP contribution in [0.5, 0.6) is 0 Å². The van der Waals surface area contributed by atoms with Crippen molar-refractivity contribution < 1.29 is 9.53 Å². The van der Waals surface area contributed by atoms with E-state index < -0.39 is 0 Å². The molecule has 0 spiro atoms. The molecule has 1 aliphatic rings. The summed E-state index contributed by atoms with van der Waals surface area (Å²) in [6.45, 7) is 2.18. The monoisotopic (exact) mass is 229 g/mol. The van der Waals surface area contributed by atoms with Crippen LogP contribution in [-0.2, 0) is 9.53 Å². The first-order chi connectivity index (χ1) is 7.27. The molecule has 86 valence electrons. The number of hydrogen-bond acceptors (Lipinski definition) is 4. The molecule has 0 bridgehead atoms. The molecule has 0 heterocycles. The summed E-state index contributed by atoms with van der Waals surface area (Å²) < 4.78 is 4.52. The Morgan fingerprint density at radius 2 is 2.40 bits per heavy atom. The van der Waals surface area contributed by atoms with Crippen molar-refractivity contribution >= 4 is 17.7 Å². The summed E-state index contributed by atoms with van der Waals surface area (Å²) in [5.74, 6) is 0.851. The van der Waals surface area contributed by atoms with Gasteiger partial charge in [0, 0.05) is 23.6 Å². The van der Waals surface area contributed by atoms with Crippen LogP contribution in [0, 0.1) is 0 Å². The predicted octanol–water partition coefficient (Wildman–Crippen LogP) is 1.94. The third-order valence-corrected chi connectivity index (χ3v) is 3.89. The third-order valence-electron chi connectivity index (χ3n) is 2.56. The van der Waals surface area contributed by atoms with E-state index in [0.29, 0.717) is 11.3 Å². The van der Waals surface area contributed by atoms with E-state index in [9.17, 15) is 4.79 Å². The van der Waals surface area contributed by atoms with Crippen LogP contribution in [0.25, 0.3) is 0 Å². The smallest absolute Gasteiger partial charge is 0.331 e. The molecular weight excluding hydrogens is 210 g/mol. The van der Waals surface area contributed by atoms with E-state index in [1.54, 1.807) is 6.20 Å². The van der Waals surface area contributed by atoms with Crippen LogP contribution >= 0.6 is 11.8 Å². The van der Waals surface area contributed by atoms with Crippen molar-refractivity contribution in [1.82, 2.24) is 5.32 Å². The summed E-state index contributed by atoms with van der Waals surface area (Å²) in [6.07, 6.45) is 6.91. The van der Waals surface area contributed by atoms with E-state index in [2.05, 4.69) is 17.0 Å². The molecule has 1 fully saturated rings. The number of methoxy groups -OCH3 is 1. The molecule has 0 aliphatic heterocycles. The van der Waals surface area contributed by atoms with Crippen molar-refractivity contribution in [2.24, 2.45) is 0 Å². The summed E-state index contributed by atoms with van der Waals surface area (Å²) in [4.78, 5) is 10.8. The van der Waals surface area contributed by atoms with Crippen LogP contribution in [0.3, 0.4) is 0 Å². The summed E-state index contributed by atoms with van der Waals surface area (Å²) in [6, 6.07) is 0.510. The summed E-state index contributed by atoms with van der Waals surface area (Å²) in [5.41, 5.74) is 0. The number of hydrogen-bond donors (Lipinski definition) is 1. The van der Waals surface area contributed by atoms with Gasteiger partial charge in [-0.3, -0.25) is 0 Å². The number of thioether (sulfide) groups is 1. The number of carbonyl (C=O) groups excluding carboxylic acids is 1. The second-order valence-corrected chi connectivity index (χ2v) is 5.07. The highest BCUT2D eigenvalue weighted by molar-refractivity contribution is 7.99. The predicted molar refractivity (Wildman–Crippen MR) is 63.9 cm³/mol. The first kappa shape index (κ1) is 12.4. The molecule has 2 unspecified atom stereocenters. The third kappa shape index (κ3) is 4.16. The molecule has 0 aromatic rings. The minimum Gasteiger partial charge on any atom is -0.466 e. The number of rotatable bonds is 5. The van der Waals surface area contributed by atoms with Crippen molar-refractivity contribution in [2.45, 2.75) is 37.5 Å². The number of ether oxygens (including phenoxy) is 1. The molecule has 15 heavy (non-hydrogen) atoms. The Bertz CT molecular complexity index is 231. The quantitative estimate of drug-likeness (QED) is 0.577. The molecule has 1 aliphatic carbocycles. The Labute approximate surface area is 95.6 Å². The van der Waals surface area contributed by atoms with E-state index in [-0.39, 0.29) is 5.97 Å². The highest BCUT2D eigenvalue weighted by Crippen LogP contribution is 2.29. The normalized spacial score (nSPS) is 25.7. The first-order valence-corrected chi connectivity index (χ1v) is 6.45. The zero-order valence-corrected chi connectivity index (χ0v) is 10.2. The van der Waals surface area contributed by atoms with Gasteiger partial charge >= 0.3 is 5.97 Å². The van der Waals surface area contributed by atoms with Gasteiger partial charge in [-0.25, -0.2) is 4.79 Å². The highest BCUT2D eigenvalue weighted by Gasteiger charge is 2.25. The zero-order valence-electron chi connectivity index (χ0n) is 9.36. The van der Waals surface area contributed by atoms with Gasteiger partial charge < -0.3 is 10.1 Å². The fourth-order valence-electron chi connectivity index (χ4n) is 1.84. The van der Waals surface area contributed by atoms with E-state index in [1.807, 2.05) is 11.8 Å². The first-order valence-electron chi connectivity index (χ1n) is 5.40. The Morgan fingerprint density at radius 1 is 1.60 bits per heavy atom. The van der Waals surface area contributed by atoms with E-state index in [0.717, 1.165) is 5.75 Å². The molecule has 1 rings (SSSR count). The Hall–Kier alpha value is -0.640. The van der Waals surface area contributed by atoms with Gasteiger partial charge in [-0.05, 0) is 18.6 Å². The maximum atomic E-state index is 10.8. The van der Waals surface area contributed by atoms with Crippen molar-refractivity contribution in [3.05, 3.63) is 12.3 Å². The van der Waals surface area contributed by atoms with Crippen LogP contribution in [0.1, 0.15) is 26.2 Å². The lowest BCUT2D eigenvalue weighted by Crippen LogP contribution is -2.30. The van der Waals surface area contributed by atoms with Gasteiger partial charge in [0.2, 0.25) is 0 Å². The van der Waals surface area contributed by atoms with Gasteiger partial charge in [0.1, 0.15) is 0 Å². The van der Waals surface area contributed by atoms with Gasteiger partial charge in [-0.1, -0.05) is 13.3 Å². The highest BCUT2D eigenvalue weighted by atomic mass is 32.2. The standard InChI is InChI=1S/C11H19NO2S/c1-3-15-10-6-4-5-9(10)12-8-7-11(13)14-2/h7-10,12H,3-6H2,1-2H3/b8-7+. The molecule has 2 atom stereocenters. The van der Waals surface area contributed by atoms with Crippen LogP contribution in [0.4, 0.5) is 0 Å². The molecular formula is C11H19NO2S. The van der Waals surface area contributed by atoms with E-state index >= 15 is 0 Å². The largest absolute Gasteiger partial charge is 0.466 e. The van der Waals surface area contributed by atoms with Gasteiger partial charge in [0.05, 0.1) is 7.11 Å². The SMILES string of the molecule is CCSC1CCCC1N/C=C/C(=O)OC. The van der Waals surface area contributed by atoms with Gasteiger partial charge in [-0.2, -0.15) is 11.8 Å². The summed E-state index contributed by atoms with van der Waals surface area (Å²) in [5, 5.41) is 3.97. The van der Waals surface area contributed by atoms with Gasteiger partial charge in [0.15, 0.2) is 0 Å². The molecule has 0 aromatic heterocycles.